The summed E-state index contributed by atoms with van der Waals surface area (Å²) in [6.45, 7) is 2.89. The Balaban J connectivity index is 0.00000361. The van der Waals surface area contributed by atoms with Crippen LogP contribution < -0.4 is 28.9 Å². The molecule has 0 aromatic heterocycles. The average Bonchev–Trinajstić information content (AvgIpc) is 2.39. The van der Waals surface area contributed by atoms with Gasteiger partial charge in [0, 0.05) is 12.1 Å². The molecule has 0 radical (unpaired) electrons. The maximum absolute atomic E-state index is 11.7. The van der Waals surface area contributed by atoms with Crippen LogP contribution in [-0.4, -0.2) is 30.1 Å². The van der Waals surface area contributed by atoms with E-state index in [1.54, 1.807) is 24.3 Å². The number of rotatable bonds is 8. The van der Waals surface area contributed by atoms with E-state index in [2.05, 4.69) is 12.2 Å². The van der Waals surface area contributed by atoms with E-state index < -0.39 is 5.97 Å². The fourth-order valence-corrected chi connectivity index (χ4v) is 1.42. The van der Waals surface area contributed by atoms with Crippen LogP contribution in [0.25, 0.3) is 0 Å². The maximum Gasteiger partial charge on any atom is 1.00 e. The average molecular weight is 272 g/mol. The van der Waals surface area contributed by atoms with Crippen molar-refractivity contribution < 1.29 is 38.3 Å². The first kappa shape index (κ1) is 18.6. The smallest absolute Gasteiger partial charge is 0.494 e. The second-order valence-corrected chi connectivity index (χ2v) is 4.13. The van der Waals surface area contributed by atoms with Crippen LogP contribution in [0.2, 0.25) is 0 Å². The minimum Gasteiger partial charge on any atom is -0.494 e. The number of carboxylic acids is 1. The van der Waals surface area contributed by atoms with Crippen LogP contribution in [0.5, 0.6) is 5.75 Å². The molecule has 20 heavy (non-hydrogen) atoms. The predicted octanol–water partition coefficient (Wildman–Crippen LogP) is -0.926. The molecule has 0 aliphatic rings. The van der Waals surface area contributed by atoms with Gasteiger partial charge in [0.1, 0.15) is 5.75 Å². The number of amides is 1. The fraction of sp³-hybridized carbons (Fsp3) is 0.429. The number of hydrogen-bond acceptors (Lipinski definition) is 3. The van der Waals surface area contributed by atoms with E-state index in [1.807, 2.05) is 0 Å². The van der Waals surface area contributed by atoms with Gasteiger partial charge in [0.05, 0.1) is 13.0 Å². The second-order valence-electron chi connectivity index (χ2n) is 4.13. The summed E-state index contributed by atoms with van der Waals surface area (Å²) in [5.41, 5.74) is 0.494. The van der Waals surface area contributed by atoms with Gasteiger partial charge in [-0.15, -0.1) is 0 Å². The fourth-order valence-electron chi connectivity index (χ4n) is 1.42. The number of unbranched alkanes of at least 4 members (excludes halogenated alkanes) is 1. The third-order valence-corrected chi connectivity index (χ3v) is 2.51. The topological polar surface area (TPSA) is 75.6 Å². The number of carbonyl (C=O) groups is 2. The summed E-state index contributed by atoms with van der Waals surface area (Å²) in [5, 5.41) is 11.0. The van der Waals surface area contributed by atoms with E-state index in [-0.39, 0.29) is 37.7 Å². The molecule has 1 rings (SSSR count). The SMILES string of the molecule is CCCCOc1ccc(C(=O)NCCC(=O)O)cc1.[Li+]. The maximum atomic E-state index is 11.7. The van der Waals surface area contributed by atoms with E-state index in [9.17, 15) is 9.59 Å². The van der Waals surface area contributed by atoms with Crippen LogP contribution in [0.15, 0.2) is 24.3 Å². The first-order valence-corrected chi connectivity index (χ1v) is 6.36. The van der Waals surface area contributed by atoms with Crippen molar-refractivity contribution in [1.82, 2.24) is 5.32 Å². The second kappa shape index (κ2) is 10.4. The largest absolute Gasteiger partial charge is 1.00 e. The molecule has 1 aromatic carbocycles. The van der Waals surface area contributed by atoms with Crippen LogP contribution in [-0.2, 0) is 4.79 Å². The van der Waals surface area contributed by atoms with E-state index in [0.29, 0.717) is 12.2 Å². The summed E-state index contributed by atoms with van der Waals surface area (Å²) in [6.07, 6.45) is 1.99. The van der Waals surface area contributed by atoms with Gasteiger partial charge in [-0.25, -0.2) is 0 Å². The molecule has 0 spiro atoms. The number of aliphatic carboxylic acids is 1. The normalized spacial score (nSPS) is 9.45. The molecule has 0 aliphatic carbocycles. The number of ether oxygens (including phenoxy) is 1. The Hall–Kier alpha value is -1.44. The van der Waals surface area contributed by atoms with Crippen molar-refractivity contribution in [3.63, 3.8) is 0 Å². The first-order chi connectivity index (χ1) is 9.13. The molecule has 104 valence electrons. The number of carbonyl (C=O) groups excluding carboxylic acids is 1. The molecule has 2 N–H and O–H groups in total. The Bertz CT molecular complexity index is 420. The molecule has 5 nitrogen and oxygen atoms in total. The van der Waals surface area contributed by atoms with Crippen molar-refractivity contribution in [3.8, 4) is 5.75 Å². The van der Waals surface area contributed by atoms with Crippen molar-refractivity contribution in [3.05, 3.63) is 29.8 Å². The van der Waals surface area contributed by atoms with Crippen molar-refractivity contribution in [1.29, 1.82) is 0 Å². The number of hydrogen-bond donors (Lipinski definition) is 2. The monoisotopic (exact) mass is 272 g/mol. The van der Waals surface area contributed by atoms with Gasteiger partial charge in [0.25, 0.3) is 5.91 Å². The summed E-state index contributed by atoms with van der Waals surface area (Å²) in [7, 11) is 0. The molecule has 0 heterocycles. The Morgan fingerprint density at radius 3 is 2.45 bits per heavy atom. The van der Waals surface area contributed by atoms with Gasteiger partial charge >= 0.3 is 24.8 Å². The van der Waals surface area contributed by atoms with Gasteiger partial charge in [0.15, 0.2) is 0 Å². The molecule has 1 aromatic rings. The van der Waals surface area contributed by atoms with Crippen LogP contribution in [0.1, 0.15) is 36.5 Å². The minimum absolute atomic E-state index is 0. The van der Waals surface area contributed by atoms with Crippen molar-refractivity contribution in [2.45, 2.75) is 26.2 Å². The molecule has 0 aliphatic heterocycles. The Morgan fingerprint density at radius 1 is 1.25 bits per heavy atom. The molecule has 0 fully saturated rings. The summed E-state index contributed by atoms with van der Waals surface area (Å²) in [5.74, 6) is -0.475. The van der Waals surface area contributed by atoms with E-state index in [0.717, 1.165) is 18.6 Å². The molecule has 0 unspecified atom stereocenters. The van der Waals surface area contributed by atoms with Crippen LogP contribution in [0.4, 0.5) is 0 Å². The summed E-state index contributed by atoms with van der Waals surface area (Å²) < 4.78 is 5.48. The zero-order valence-electron chi connectivity index (χ0n) is 12.0. The van der Waals surface area contributed by atoms with Crippen molar-refractivity contribution in [2.24, 2.45) is 0 Å². The van der Waals surface area contributed by atoms with Gasteiger partial charge in [-0.1, -0.05) is 13.3 Å². The molecule has 0 saturated carbocycles. The van der Waals surface area contributed by atoms with E-state index >= 15 is 0 Å². The molecular formula is C14H19LiNO4+. The van der Waals surface area contributed by atoms with Crippen LogP contribution >= 0.6 is 0 Å². The first-order valence-electron chi connectivity index (χ1n) is 6.36. The summed E-state index contributed by atoms with van der Waals surface area (Å²) >= 11 is 0. The standard InChI is InChI=1S/C14H19NO4.Li/c1-2-3-10-19-12-6-4-11(5-7-12)14(18)15-9-8-13(16)17;/h4-7H,2-3,8-10H2,1H3,(H,15,18)(H,16,17);/q;+1. The number of nitrogens with one attached hydrogen (secondary N) is 1. The number of benzene rings is 1. The summed E-state index contributed by atoms with van der Waals surface area (Å²) in [4.78, 5) is 22.0. The van der Waals surface area contributed by atoms with Crippen LogP contribution in [0.3, 0.4) is 0 Å². The predicted molar refractivity (Wildman–Crippen MR) is 71.4 cm³/mol. The Kier molecular flexibility index (Phi) is 9.61. The summed E-state index contributed by atoms with van der Waals surface area (Å²) in [6, 6.07) is 6.80. The van der Waals surface area contributed by atoms with Crippen LogP contribution in [0, 0.1) is 0 Å². The molecule has 1 amide bonds. The third-order valence-electron chi connectivity index (χ3n) is 2.51. The Morgan fingerprint density at radius 2 is 1.90 bits per heavy atom. The zero-order valence-corrected chi connectivity index (χ0v) is 12.0. The molecule has 0 atom stereocenters. The van der Waals surface area contributed by atoms with Crippen molar-refractivity contribution in [2.75, 3.05) is 13.2 Å². The van der Waals surface area contributed by atoms with Gasteiger partial charge in [-0.3, -0.25) is 9.59 Å². The minimum atomic E-state index is -0.931. The molecule has 0 saturated heterocycles. The zero-order chi connectivity index (χ0) is 14.1. The van der Waals surface area contributed by atoms with Gasteiger partial charge < -0.3 is 15.2 Å². The number of carboxylic acid groups (broad SMARTS) is 1. The molecule has 0 bridgehead atoms. The molecular weight excluding hydrogens is 253 g/mol. The van der Waals surface area contributed by atoms with Gasteiger partial charge in [-0.2, -0.15) is 0 Å². The van der Waals surface area contributed by atoms with E-state index in [4.69, 9.17) is 9.84 Å². The van der Waals surface area contributed by atoms with E-state index in [1.165, 1.54) is 0 Å². The Labute approximate surface area is 130 Å². The van der Waals surface area contributed by atoms with Gasteiger partial charge in [0.2, 0.25) is 0 Å². The van der Waals surface area contributed by atoms with Crippen molar-refractivity contribution >= 4 is 11.9 Å². The molecule has 6 heteroatoms. The quantitative estimate of drug-likeness (QED) is 0.474. The van der Waals surface area contributed by atoms with Gasteiger partial charge in [-0.05, 0) is 30.7 Å². The third kappa shape index (κ3) is 7.22.